The smallest absolute Gasteiger partial charge is 0.337 e. The molecule has 0 radical (unpaired) electrons. The maximum Gasteiger partial charge on any atom is 0.337 e. The van der Waals surface area contributed by atoms with Gasteiger partial charge in [0.1, 0.15) is 5.75 Å². The molecule has 3 amide bonds. The third-order valence-corrected chi connectivity index (χ3v) is 3.67. The molecule has 0 bridgehead atoms. The van der Waals surface area contributed by atoms with E-state index in [1.54, 1.807) is 30.3 Å². The van der Waals surface area contributed by atoms with Crippen molar-refractivity contribution in [2.75, 3.05) is 11.9 Å². The molecule has 2 rings (SSSR count). The van der Waals surface area contributed by atoms with E-state index in [0.29, 0.717) is 26.5 Å². The summed E-state index contributed by atoms with van der Waals surface area (Å²) in [6, 6.07) is 10.5. The largest absolute Gasteiger partial charge is 0.484 e. The van der Waals surface area contributed by atoms with Crippen molar-refractivity contribution in [1.29, 1.82) is 0 Å². The van der Waals surface area contributed by atoms with E-state index in [0.717, 1.165) is 0 Å². The summed E-state index contributed by atoms with van der Waals surface area (Å²) < 4.78 is 5.23. The molecule has 126 valence electrons. The summed E-state index contributed by atoms with van der Waals surface area (Å²) in [6.45, 7) is -0.269. The molecule has 0 unspecified atom stereocenters. The number of nitrogens with one attached hydrogen (secondary N) is 3. The number of amides is 3. The Morgan fingerprint density at radius 3 is 2.29 bits per heavy atom. The van der Waals surface area contributed by atoms with Gasteiger partial charge in [-0.15, -0.1) is 0 Å². The standard InChI is InChI=1S/C15H12Cl3N3O3/c16-9-1-4-11(5-2-9)24-8-14(22)20-21-15(23)19-10-3-6-12(17)13(18)7-10/h1-7H,8H2,(H,20,22)(H2,19,21,23). The number of benzene rings is 2. The lowest BCUT2D eigenvalue weighted by molar-refractivity contribution is -0.123. The first-order chi connectivity index (χ1) is 11.4. The van der Waals surface area contributed by atoms with Gasteiger partial charge in [-0.05, 0) is 42.5 Å². The van der Waals surface area contributed by atoms with Crippen LogP contribution in [0.2, 0.25) is 15.1 Å². The van der Waals surface area contributed by atoms with Crippen LogP contribution in [0.1, 0.15) is 0 Å². The van der Waals surface area contributed by atoms with Crippen molar-refractivity contribution in [2.24, 2.45) is 0 Å². The van der Waals surface area contributed by atoms with Gasteiger partial charge in [0.2, 0.25) is 0 Å². The van der Waals surface area contributed by atoms with Gasteiger partial charge in [0, 0.05) is 10.7 Å². The highest BCUT2D eigenvalue weighted by Gasteiger charge is 2.07. The summed E-state index contributed by atoms with van der Waals surface area (Å²) in [4.78, 5) is 23.3. The summed E-state index contributed by atoms with van der Waals surface area (Å²) >= 11 is 17.4. The van der Waals surface area contributed by atoms with Gasteiger partial charge in [-0.25, -0.2) is 10.2 Å². The zero-order chi connectivity index (χ0) is 17.5. The van der Waals surface area contributed by atoms with Gasteiger partial charge < -0.3 is 10.1 Å². The molecule has 0 aliphatic rings. The predicted molar refractivity (Wildman–Crippen MR) is 93.7 cm³/mol. The SMILES string of the molecule is O=C(COc1ccc(Cl)cc1)NNC(=O)Nc1ccc(Cl)c(Cl)c1. The first-order valence-corrected chi connectivity index (χ1v) is 7.76. The maximum absolute atomic E-state index is 11.7. The van der Waals surface area contributed by atoms with E-state index in [-0.39, 0.29) is 6.61 Å². The molecule has 0 saturated heterocycles. The molecule has 0 saturated carbocycles. The fraction of sp³-hybridized carbons (Fsp3) is 0.0667. The maximum atomic E-state index is 11.7. The van der Waals surface area contributed by atoms with Crippen LogP contribution in [0.25, 0.3) is 0 Å². The van der Waals surface area contributed by atoms with Crippen molar-refractivity contribution in [3.05, 3.63) is 57.5 Å². The zero-order valence-corrected chi connectivity index (χ0v) is 14.4. The lowest BCUT2D eigenvalue weighted by Crippen LogP contribution is -2.45. The average Bonchev–Trinajstić information content (AvgIpc) is 2.56. The molecular weight excluding hydrogens is 377 g/mol. The number of hydrogen-bond donors (Lipinski definition) is 3. The summed E-state index contributed by atoms with van der Waals surface area (Å²) in [5, 5.41) is 3.72. The Bertz CT molecular complexity index is 738. The molecule has 9 heteroatoms. The monoisotopic (exact) mass is 387 g/mol. The number of carbonyl (C=O) groups is 2. The number of carbonyl (C=O) groups excluding carboxylic acids is 2. The molecule has 0 aliphatic heterocycles. The number of anilines is 1. The summed E-state index contributed by atoms with van der Waals surface area (Å²) in [6.07, 6.45) is 0. The highest BCUT2D eigenvalue weighted by Crippen LogP contribution is 2.24. The van der Waals surface area contributed by atoms with Gasteiger partial charge in [0.05, 0.1) is 10.0 Å². The van der Waals surface area contributed by atoms with Crippen LogP contribution in [0.5, 0.6) is 5.75 Å². The summed E-state index contributed by atoms with van der Waals surface area (Å²) in [5.41, 5.74) is 4.81. The lowest BCUT2D eigenvalue weighted by Gasteiger charge is -2.10. The number of hydrogen-bond acceptors (Lipinski definition) is 3. The van der Waals surface area contributed by atoms with Crippen LogP contribution in [0.15, 0.2) is 42.5 Å². The molecule has 0 spiro atoms. The van der Waals surface area contributed by atoms with Crippen molar-refractivity contribution in [2.45, 2.75) is 0 Å². The fourth-order valence-corrected chi connectivity index (χ4v) is 2.00. The Morgan fingerprint density at radius 1 is 0.917 bits per heavy atom. The van der Waals surface area contributed by atoms with Crippen LogP contribution in [0.4, 0.5) is 10.5 Å². The van der Waals surface area contributed by atoms with E-state index in [2.05, 4.69) is 16.2 Å². The van der Waals surface area contributed by atoms with E-state index in [1.807, 2.05) is 0 Å². The first kappa shape index (κ1) is 18.2. The molecule has 6 nitrogen and oxygen atoms in total. The minimum Gasteiger partial charge on any atom is -0.484 e. The molecular formula is C15H12Cl3N3O3. The molecule has 3 N–H and O–H groups in total. The third kappa shape index (κ3) is 5.81. The van der Waals surface area contributed by atoms with E-state index < -0.39 is 11.9 Å². The van der Waals surface area contributed by atoms with Crippen molar-refractivity contribution < 1.29 is 14.3 Å². The lowest BCUT2D eigenvalue weighted by atomic mass is 10.3. The summed E-state index contributed by atoms with van der Waals surface area (Å²) in [5.74, 6) is -0.0518. The topological polar surface area (TPSA) is 79.5 Å². The van der Waals surface area contributed by atoms with Gasteiger partial charge in [-0.2, -0.15) is 0 Å². The highest BCUT2D eigenvalue weighted by molar-refractivity contribution is 6.42. The van der Waals surface area contributed by atoms with Crippen molar-refractivity contribution >= 4 is 52.4 Å². The van der Waals surface area contributed by atoms with Gasteiger partial charge >= 0.3 is 6.03 Å². The molecule has 2 aromatic rings. The Hall–Kier alpha value is -2.15. The van der Waals surface area contributed by atoms with Crippen LogP contribution in [0, 0.1) is 0 Å². The quantitative estimate of drug-likeness (QED) is 0.695. The van der Waals surface area contributed by atoms with E-state index in [1.165, 1.54) is 12.1 Å². The minimum atomic E-state index is -0.645. The third-order valence-electron chi connectivity index (χ3n) is 2.68. The number of urea groups is 1. The van der Waals surface area contributed by atoms with Gasteiger partial charge in [0.15, 0.2) is 6.61 Å². The molecule has 0 fully saturated rings. The van der Waals surface area contributed by atoms with Crippen LogP contribution in [0.3, 0.4) is 0 Å². The molecule has 24 heavy (non-hydrogen) atoms. The molecule has 2 aromatic carbocycles. The van der Waals surface area contributed by atoms with Crippen molar-refractivity contribution in [1.82, 2.24) is 10.9 Å². The van der Waals surface area contributed by atoms with E-state index in [9.17, 15) is 9.59 Å². The predicted octanol–water partition coefficient (Wildman–Crippen LogP) is 3.88. The van der Waals surface area contributed by atoms with Crippen LogP contribution < -0.4 is 20.9 Å². The van der Waals surface area contributed by atoms with E-state index in [4.69, 9.17) is 39.5 Å². The fourth-order valence-electron chi connectivity index (χ4n) is 1.58. The van der Waals surface area contributed by atoms with Gasteiger partial charge in [-0.1, -0.05) is 34.8 Å². The molecule has 0 atom stereocenters. The van der Waals surface area contributed by atoms with Crippen molar-refractivity contribution in [3.8, 4) is 5.75 Å². The summed E-state index contributed by atoms with van der Waals surface area (Å²) in [7, 11) is 0. The number of rotatable bonds is 4. The average molecular weight is 389 g/mol. The number of ether oxygens (including phenoxy) is 1. The van der Waals surface area contributed by atoms with Gasteiger partial charge in [0.25, 0.3) is 5.91 Å². The minimum absolute atomic E-state index is 0.269. The van der Waals surface area contributed by atoms with Crippen LogP contribution >= 0.6 is 34.8 Å². The molecule has 0 aliphatic carbocycles. The second kappa shape index (κ2) is 8.63. The zero-order valence-electron chi connectivity index (χ0n) is 12.1. The second-order valence-corrected chi connectivity index (χ2v) is 5.75. The van der Waals surface area contributed by atoms with Crippen molar-refractivity contribution in [3.63, 3.8) is 0 Å². The first-order valence-electron chi connectivity index (χ1n) is 6.63. The second-order valence-electron chi connectivity index (χ2n) is 4.50. The number of hydrazine groups is 1. The highest BCUT2D eigenvalue weighted by atomic mass is 35.5. The van der Waals surface area contributed by atoms with E-state index >= 15 is 0 Å². The normalized spacial score (nSPS) is 9.96. The Morgan fingerprint density at radius 2 is 1.62 bits per heavy atom. The molecule has 0 aromatic heterocycles. The van der Waals surface area contributed by atoms with Crippen LogP contribution in [-0.4, -0.2) is 18.5 Å². The van der Waals surface area contributed by atoms with Crippen LogP contribution in [-0.2, 0) is 4.79 Å². The molecule has 0 heterocycles. The van der Waals surface area contributed by atoms with Gasteiger partial charge in [-0.3, -0.25) is 10.2 Å². The Labute approximate surface area is 153 Å². The Kier molecular flexibility index (Phi) is 6.54. The number of halogens is 3. The Balaban J connectivity index is 1.73.